The normalized spacial score (nSPS) is 13.4. The summed E-state index contributed by atoms with van der Waals surface area (Å²) in [6.07, 6.45) is 2.05. The number of nitrogens with one attached hydrogen (secondary N) is 1. The lowest BCUT2D eigenvalue weighted by atomic mass is 9.86. The van der Waals surface area contributed by atoms with Gasteiger partial charge in [-0.1, -0.05) is 45.0 Å². The molecule has 1 aromatic rings. The van der Waals surface area contributed by atoms with Crippen LogP contribution < -0.4 is 5.32 Å². The highest BCUT2D eigenvalue weighted by Gasteiger charge is 2.13. The highest BCUT2D eigenvalue weighted by atomic mass is 16.5. The number of benzene rings is 1. The molecule has 1 unspecified atom stereocenters. The Morgan fingerprint density at radius 1 is 1.05 bits per heavy atom. The van der Waals surface area contributed by atoms with E-state index in [0.717, 1.165) is 19.4 Å². The van der Waals surface area contributed by atoms with E-state index in [0.29, 0.717) is 19.3 Å². The Balaban J connectivity index is 2.42. The van der Waals surface area contributed by atoms with Crippen molar-refractivity contribution in [2.45, 2.75) is 45.1 Å². The molecular weight excluding hydrogens is 262 g/mol. The van der Waals surface area contributed by atoms with Gasteiger partial charge in [0.2, 0.25) is 0 Å². The first-order valence-electron chi connectivity index (χ1n) is 7.80. The average molecular weight is 293 g/mol. The van der Waals surface area contributed by atoms with Crippen LogP contribution in [-0.2, 0) is 21.3 Å². The van der Waals surface area contributed by atoms with Crippen LogP contribution in [0.1, 0.15) is 38.3 Å². The number of hydrogen-bond donors (Lipinski definition) is 1. The number of methoxy groups -OCH3 is 1. The van der Waals surface area contributed by atoms with Gasteiger partial charge in [0.15, 0.2) is 0 Å². The van der Waals surface area contributed by atoms with Crippen LogP contribution >= 0.6 is 0 Å². The minimum atomic E-state index is 0.218. The summed E-state index contributed by atoms with van der Waals surface area (Å²) in [6.45, 7) is 8.85. The smallest absolute Gasteiger partial charge is 0.0700 e. The third-order valence-electron chi connectivity index (χ3n) is 3.75. The van der Waals surface area contributed by atoms with Crippen molar-refractivity contribution in [3.8, 4) is 0 Å². The fourth-order valence-corrected chi connectivity index (χ4v) is 2.24. The van der Waals surface area contributed by atoms with Crippen LogP contribution in [0, 0.1) is 0 Å². The van der Waals surface area contributed by atoms with Crippen LogP contribution in [0.5, 0.6) is 0 Å². The largest absolute Gasteiger partial charge is 0.382 e. The van der Waals surface area contributed by atoms with Crippen LogP contribution in [0.15, 0.2) is 24.3 Å². The quantitative estimate of drug-likeness (QED) is 0.709. The molecule has 0 bridgehead atoms. The zero-order chi connectivity index (χ0) is 15.7. The van der Waals surface area contributed by atoms with Gasteiger partial charge in [-0.2, -0.15) is 0 Å². The van der Waals surface area contributed by atoms with Gasteiger partial charge in [0.05, 0.1) is 13.2 Å². The molecule has 3 heteroatoms. The third-order valence-corrected chi connectivity index (χ3v) is 3.75. The van der Waals surface area contributed by atoms with Gasteiger partial charge in [-0.15, -0.1) is 0 Å². The van der Waals surface area contributed by atoms with Crippen molar-refractivity contribution in [1.82, 2.24) is 5.32 Å². The summed E-state index contributed by atoms with van der Waals surface area (Å²) in [6, 6.07) is 9.44. The maximum atomic E-state index is 5.54. The standard InChI is InChI=1S/C18H31NO2/c1-18(2,3)16-8-6-15(7-9-16)14-17(19-4)10-11-21-13-12-20-5/h6-9,17,19H,10-14H2,1-5H3. The van der Waals surface area contributed by atoms with Gasteiger partial charge in [-0.05, 0) is 36.4 Å². The maximum absolute atomic E-state index is 5.54. The predicted octanol–water partition coefficient (Wildman–Crippen LogP) is 3.17. The molecule has 0 heterocycles. The molecule has 0 aliphatic carbocycles. The Labute approximate surface area is 130 Å². The Morgan fingerprint density at radius 2 is 1.71 bits per heavy atom. The molecule has 0 radical (unpaired) electrons. The molecule has 0 amide bonds. The first-order chi connectivity index (χ1) is 9.97. The lowest BCUT2D eigenvalue weighted by Crippen LogP contribution is -2.29. The van der Waals surface area contributed by atoms with Crippen molar-refractivity contribution in [2.24, 2.45) is 0 Å². The van der Waals surface area contributed by atoms with Crippen LogP contribution in [0.3, 0.4) is 0 Å². The van der Waals surface area contributed by atoms with E-state index in [2.05, 4.69) is 50.4 Å². The predicted molar refractivity (Wildman–Crippen MR) is 89.0 cm³/mol. The van der Waals surface area contributed by atoms with Gasteiger partial charge in [0.25, 0.3) is 0 Å². The summed E-state index contributed by atoms with van der Waals surface area (Å²) in [5, 5.41) is 3.38. The molecule has 0 spiro atoms. The summed E-state index contributed by atoms with van der Waals surface area (Å²) in [5.74, 6) is 0. The molecule has 0 aliphatic heterocycles. The van der Waals surface area contributed by atoms with Crippen LogP contribution in [-0.4, -0.2) is 40.0 Å². The number of hydrogen-bond acceptors (Lipinski definition) is 3. The summed E-state index contributed by atoms with van der Waals surface area (Å²) in [5.41, 5.74) is 2.98. The zero-order valence-corrected chi connectivity index (χ0v) is 14.2. The first kappa shape index (κ1) is 18.1. The molecule has 0 aromatic heterocycles. The van der Waals surface area contributed by atoms with E-state index < -0.39 is 0 Å². The zero-order valence-electron chi connectivity index (χ0n) is 14.2. The van der Waals surface area contributed by atoms with Crippen molar-refractivity contribution in [3.63, 3.8) is 0 Å². The van der Waals surface area contributed by atoms with E-state index >= 15 is 0 Å². The Hall–Kier alpha value is -0.900. The molecule has 0 fully saturated rings. The first-order valence-corrected chi connectivity index (χ1v) is 7.80. The number of rotatable bonds is 9. The van der Waals surface area contributed by atoms with Crippen molar-refractivity contribution < 1.29 is 9.47 Å². The number of likely N-dealkylation sites (N-methyl/N-ethyl adjacent to an activating group) is 1. The van der Waals surface area contributed by atoms with Gasteiger partial charge >= 0.3 is 0 Å². The van der Waals surface area contributed by atoms with Gasteiger partial charge in [-0.25, -0.2) is 0 Å². The molecule has 1 aromatic carbocycles. The molecule has 21 heavy (non-hydrogen) atoms. The third kappa shape index (κ3) is 7.07. The number of ether oxygens (including phenoxy) is 2. The Kier molecular flexibility index (Phi) is 7.94. The van der Waals surface area contributed by atoms with Gasteiger partial charge in [0, 0.05) is 19.8 Å². The van der Waals surface area contributed by atoms with Gasteiger partial charge in [-0.3, -0.25) is 0 Å². The molecule has 120 valence electrons. The van der Waals surface area contributed by atoms with E-state index in [1.807, 2.05) is 7.05 Å². The second-order valence-corrected chi connectivity index (χ2v) is 6.53. The average Bonchev–Trinajstić information content (AvgIpc) is 2.45. The molecule has 3 nitrogen and oxygen atoms in total. The molecule has 1 N–H and O–H groups in total. The van der Waals surface area contributed by atoms with Gasteiger partial charge in [0.1, 0.15) is 0 Å². The van der Waals surface area contributed by atoms with E-state index in [-0.39, 0.29) is 5.41 Å². The van der Waals surface area contributed by atoms with E-state index in [1.54, 1.807) is 7.11 Å². The molecule has 1 atom stereocenters. The SMILES string of the molecule is CNC(CCOCCOC)Cc1ccc(C(C)(C)C)cc1. The fourth-order valence-electron chi connectivity index (χ4n) is 2.24. The molecule has 0 saturated heterocycles. The topological polar surface area (TPSA) is 30.5 Å². The van der Waals surface area contributed by atoms with Gasteiger partial charge < -0.3 is 14.8 Å². The summed E-state index contributed by atoms with van der Waals surface area (Å²) < 4.78 is 10.5. The minimum absolute atomic E-state index is 0.218. The van der Waals surface area contributed by atoms with E-state index in [4.69, 9.17) is 9.47 Å². The Bertz CT molecular complexity index is 381. The highest BCUT2D eigenvalue weighted by molar-refractivity contribution is 5.27. The van der Waals surface area contributed by atoms with E-state index in [9.17, 15) is 0 Å². The molecule has 1 rings (SSSR count). The summed E-state index contributed by atoms with van der Waals surface area (Å²) in [7, 11) is 3.71. The minimum Gasteiger partial charge on any atom is -0.382 e. The van der Waals surface area contributed by atoms with Crippen LogP contribution in [0.2, 0.25) is 0 Å². The molecule has 0 saturated carbocycles. The maximum Gasteiger partial charge on any atom is 0.0700 e. The van der Waals surface area contributed by atoms with Crippen LogP contribution in [0.4, 0.5) is 0 Å². The Morgan fingerprint density at radius 3 is 2.24 bits per heavy atom. The highest BCUT2D eigenvalue weighted by Crippen LogP contribution is 2.22. The monoisotopic (exact) mass is 293 g/mol. The summed E-state index contributed by atoms with van der Waals surface area (Å²) >= 11 is 0. The lowest BCUT2D eigenvalue weighted by Gasteiger charge is -2.20. The van der Waals surface area contributed by atoms with E-state index in [1.165, 1.54) is 11.1 Å². The van der Waals surface area contributed by atoms with Crippen molar-refractivity contribution in [1.29, 1.82) is 0 Å². The summed E-state index contributed by atoms with van der Waals surface area (Å²) in [4.78, 5) is 0. The van der Waals surface area contributed by atoms with Crippen molar-refractivity contribution in [2.75, 3.05) is 34.0 Å². The van der Waals surface area contributed by atoms with Crippen LogP contribution in [0.25, 0.3) is 0 Å². The van der Waals surface area contributed by atoms with Crippen molar-refractivity contribution >= 4 is 0 Å². The molecule has 0 aliphatic rings. The van der Waals surface area contributed by atoms with Crippen molar-refractivity contribution in [3.05, 3.63) is 35.4 Å². The second-order valence-electron chi connectivity index (χ2n) is 6.53. The molecular formula is C18H31NO2. The second kappa shape index (κ2) is 9.19. The fraction of sp³-hybridized carbons (Fsp3) is 0.667. The lowest BCUT2D eigenvalue weighted by molar-refractivity contribution is 0.0661.